The van der Waals surface area contributed by atoms with Crippen LogP contribution in [0.25, 0.3) is 0 Å². The third kappa shape index (κ3) is 4.29. The van der Waals surface area contributed by atoms with E-state index in [0.29, 0.717) is 6.54 Å². The molecule has 0 fully saturated rings. The van der Waals surface area contributed by atoms with Crippen LogP contribution in [0.3, 0.4) is 0 Å². The average Bonchev–Trinajstić information content (AvgIpc) is 2.43. The van der Waals surface area contributed by atoms with E-state index in [1.807, 2.05) is 6.92 Å². The molecule has 6 nitrogen and oxygen atoms in total. The summed E-state index contributed by atoms with van der Waals surface area (Å²) in [6, 6.07) is 6.52. The number of carbonyl (C=O) groups is 1. The lowest BCUT2D eigenvalue weighted by atomic mass is 10.2. The number of esters is 1. The Balaban J connectivity index is 3.03. The molecule has 7 heteroatoms. The Morgan fingerprint density at radius 1 is 1.30 bits per heavy atom. The van der Waals surface area contributed by atoms with E-state index in [1.54, 1.807) is 19.2 Å². The van der Waals surface area contributed by atoms with Gasteiger partial charge in [-0.25, -0.2) is 8.42 Å². The minimum absolute atomic E-state index is 0.170. The van der Waals surface area contributed by atoms with Crippen LogP contribution in [-0.2, 0) is 19.6 Å². The first kappa shape index (κ1) is 16.6. The fourth-order valence-electron chi connectivity index (χ4n) is 1.59. The van der Waals surface area contributed by atoms with E-state index >= 15 is 0 Å². The molecule has 0 aliphatic rings. The molecule has 1 aromatic rings. The monoisotopic (exact) mass is 300 g/mol. The van der Waals surface area contributed by atoms with Crippen LogP contribution in [-0.4, -0.2) is 52.5 Å². The molecule has 0 radical (unpaired) electrons. The minimum Gasteiger partial charge on any atom is -0.468 e. The largest absolute Gasteiger partial charge is 0.468 e. The number of nitrogens with zero attached hydrogens (tertiary/aromatic N) is 1. The van der Waals surface area contributed by atoms with Crippen molar-refractivity contribution in [3.05, 3.63) is 29.8 Å². The van der Waals surface area contributed by atoms with Gasteiger partial charge in [-0.1, -0.05) is 17.7 Å². The summed E-state index contributed by atoms with van der Waals surface area (Å²) in [7, 11) is -0.752. The number of likely N-dealkylation sites (N-methyl/N-ethyl adjacent to an activating group) is 1. The summed E-state index contributed by atoms with van der Waals surface area (Å²) >= 11 is 0. The van der Waals surface area contributed by atoms with Crippen LogP contribution in [0, 0.1) is 6.92 Å². The van der Waals surface area contributed by atoms with Crippen LogP contribution in [0.15, 0.2) is 29.2 Å². The van der Waals surface area contributed by atoms with Gasteiger partial charge in [-0.2, -0.15) is 4.31 Å². The highest BCUT2D eigenvalue weighted by atomic mass is 32.2. The quantitative estimate of drug-likeness (QED) is 0.737. The predicted molar refractivity (Wildman–Crippen MR) is 75.9 cm³/mol. The molecule has 0 aliphatic heterocycles. The molecule has 20 heavy (non-hydrogen) atoms. The molecule has 0 saturated heterocycles. The SMILES string of the molecule is CNCCN(CC(=O)OC)S(=O)(=O)c1ccc(C)cc1. The number of methoxy groups -OCH3 is 1. The lowest BCUT2D eigenvalue weighted by Gasteiger charge is -2.21. The van der Waals surface area contributed by atoms with Crippen molar-refractivity contribution >= 4 is 16.0 Å². The molecule has 1 N–H and O–H groups in total. The zero-order chi connectivity index (χ0) is 15.2. The van der Waals surface area contributed by atoms with E-state index in [0.717, 1.165) is 9.87 Å². The lowest BCUT2D eigenvalue weighted by Crippen LogP contribution is -2.40. The van der Waals surface area contributed by atoms with Gasteiger partial charge >= 0.3 is 5.97 Å². The van der Waals surface area contributed by atoms with Crippen LogP contribution < -0.4 is 5.32 Å². The molecule has 0 heterocycles. The summed E-state index contributed by atoms with van der Waals surface area (Å²) in [6.07, 6.45) is 0. The number of hydrogen-bond acceptors (Lipinski definition) is 5. The molecule has 0 spiro atoms. The van der Waals surface area contributed by atoms with Crippen molar-refractivity contribution in [2.75, 3.05) is 33.8 Å². The van der Waals surface area contributed by atoms with Gasteiger partial charge in [0.2, 0.25) is 10.0 Å². The maximum absolute atomic E-state index is 12.5. The van der Waals surface area contributed by atoms with Crippen molar-refractivity contribution in [2.24, 2.45) is 0 Å². The Labute approximate surface area is 119 Å². The van der Waals surface area contributed by atoms with E-state index in [2.05, 4.69) is 10.1 Å². The molecule has 0 unspecified atom stereocenters. The number of benzene rings is 1. The molecule has 0 bridgehead atoms. The summed E-state index contributed by atoms with van der Waals surface area (Å²) in [6.45, 7) is 2.22. The Morgan fingerprint density at radius 3 is 2.40 bits per heavy atom. The topological polar surface area (TPSA) is 75.7 Å². The van der Waals surface area contributed by atoms with E-state index < -0.39 is 16.0 Å². The fraction of sp³-hybridized carbons (Fsp3) is 0.462. The fourth-order valence-corrected chi connectivity index (χ4v) is 2.97. The van der Waals surface area contributed by atoms with Gasteiger partial charge in [-0.3, -0.25) is 4.79 Å². The second-order valence-electron chi connectivity index (χ2n) is 4.33. The van der Waals surface area contributed by atoms with E-state index in [4.69, 9.17) is 0 Å². The summed E-state index contributed by atoms with van der Waals surface area (Å²) in [5.41, 5.74) is 0.971. The Kier molecular flexibility index (Phi) is 6.12. The molecule has 0 aromatic heterocycles. The van der Waals surface area contributed by atoms with Crippen molar-refractivity contribution in [3.63, 3.8) is 0 Å². The lowest BCUT2D eigenvalue weighted by molar-refractivity contribution is -0.140. The maximum atomic E-state index is 12.5. The third-order valence-electron chi connectivity index (χ3n) is 2.80. The van der Waals surface area contributed by atoms with Gasteiger partial charge in [0, 0.05) is 13.1 Å². The number of hydrogen-bond donors (Lipinski definition) is 1. The highest BCUT2D eigenvalue weighted by Crippen LogP contribution is 2.16. The van der Waals surface area contributed by atoms with Crippen molar-refractivity contribution in [1.29, 1.82) is 0 Å². The normalized spacial score (nSPS) is 11.6. The van der Waals surface area contributed by atoms with Crippen molar-refractivity contribution in [1.82, 2.24) is 9.62 Å². The zero-order valence-electron chi connectivity index (χ0n) is 11.9. The number of rotatable bonds is 7. The van der Waals surface area contributed by atoms with Gasteiger partial charge in [0.15, 0.2) is 0 Å². The molecule has 0 amide bonds. The van der Waals surface area contributed by atoms with Gasteiger partial charge in [0.25, 0.3) is 0 Å². The van der Waals surface area contributed by atoms with Crippen LogP contribution in [0.5, 0.6) is 0 Å². The summed E-state index contributed by atoms with van der Waals surface area (Å²) in [5, 5.41) is 2.86. The summed E-state index contributed by atoms with van der Waals surface area (Å²) in [4.78, 5) is 11.5. The standard InChI is InChI=1S/C13H20N2O4S/c1-11-4-6-12(7-5-11)20(17,18)15(9-8-14-2)10-13(16)19-3/h4-7,14H,8-10H2,1-3H3. The Bertz CT molecular complexity index is 540. The number of nitrogens with one attached hydrogen (secondary N) is 1. The van der Waals surface area contributed by atoms with Gasteiger partial charge < -0.3 is 10.1 Å². The van der Waals surface area contributed by atoms with Crippen LogP contribution in [0.4, 0.5) is 0 Å². The molecule has 0 saturated carbocycles. The van der Waals surface area contributed by atoms with Gasteiger partial charge in [0.05, 0.1) is 12.0 Å². The van der Waals surface area contributed by atoms with E-state index in [-0.39, 0.29) is 18.0 Å². The molecular formula is C13H20N2O4S. The van der Waals surface area contributed by atoms with Crippen molar-refractivity contribution in [2.45, 2.75) is 11.8 Å². The summed E-state index contributed by atoms with van der Waals surface area (Å²) < 4.78 is 30.6. The molecular weight excluding hydrogens is 280 g/mol. The molecule has 0 aliphatic carbocycles. The number of aryl methyl sites for hydroxylation is 1. The average molecular weight is 300 g/mol. The minimum atomic E-state index is -3.70. The Morgan fingerprint density at radius 2 is 1.90 bits per heavy atom. The second-order valence-corrected chi connectivity index (χ2v) is 6.27. The van der Waals surface area contributed by atoms with Crippen molar-refractivity contribution in [3.8, 4) is 0 Å². The predicted octanol–water partition coefficient (Wildman–Crippen LogP) is 0.378. The first-order valence-corrected chi connectivity index (χ1v) is 7.64. The van der Waals surface area contributed by atoms with Crippen molar-refractivity contribution < 1.29 is 17.9 Å². The maximum Gasteiger partial charge on any atom is 0.321 e. The van der Waals surface area contributed by atoms with E-state index in [9.17, 15) is 13.2 Å². The molecule has 112 valence electrons. The first-order chi connectivity index (χ1) is 9.41. The Hall–Kier alpha value is -1.44. The van der Waals surface area contributed by atoms with Gasteiger partial charge in [-0.15, -0.1) is 0 Å². The van der Waals surface area contributed by atoms with Crippen LogP contribution >= 0.6 is 0 Å². The second kappa shape index (κ2) is 7.37. The zero-order valence-corrected chi connectivity index (χ0v) is 12.7. The number of sulfonamides is 1. The summed E-state index contributed by atoms with van der Waals surface area (Å²) in [5.74, 6) is -0.586. The first-order valence-electron chi connectivity index (χ1n) is 6.20. The van der Waals surface area contributed by atoms with Gasteiger partial charge in [0.1, 0.15) is 6.54 Å². The van der Waals surface area contributed by atoms with Crippen LogP contribution in [0.1, 0.15) is 5.56 Å². The van der Waals surface area contributed by atoms with Gasteiger partial charge in [-0.05, 0) is 26.1 Å². The smallest absolute Gasteiger partial charge is 0.321 e. The molecule has 1 aromatic carbocycles. The van der Waals surface area contributed by atoms with E-state index in [1.165, 1.54) is 19.2 Å². The highest BCUT2D eigenvalue weighted by molar-refractivity contribution is 7.89. The number of ether oxygens (including phenoxy) is 1. The molecule has 1 rings (SSSR count). The van der Waals surface area contributed by atoms with Crippen LogP contribution in [0.2, 0.25) is 0 Å². The molecule has 0 atom stereocenters. The highest BCUT2D eigenvalue weighted by Gasteiger charge is 2.26. The third-order valence-corrected chi connectivity index (χ3v) is 4.66. The number of carbonyl (C=O) groups excluding carboxylic acids is 1.